The number of fused-ring (bicyclic) bond motifs is 1. The molecule has 2 aliphatic heterocycles. The van der Waals surface area contributed by atoms with Crippen molar-refractivity contribution in [1.29, 1.82) is 0 Å². The largest absolute Gasteiger partial charge is 0.391 e. The van der Waals surface area contributed by atoms with Crippen LogP contribution in [0.15, 0.2) is 36.5 Å². The van der Waals surface area contributed by atoms with Gasteiger partial charge in [-0.3, -0.25) is 9.78 Å². The van der Waals surface area contributed by atoms with E-state index in [1.54, 1.807) is 7.11 Å². The quantitative estimate of drug-likeness (QED) is 0.807. The van der Waals surface area contributed by atoms with Gasteiger partial charge in [-0.05, 0) is 50.0 Å². The standard InChI is InChI=1S/C23H31N3O3/c1-29-13-12-25-10-7-17(8-11-25)23(28)26-15-19(22(27)16-26)14-18-6-9-24-21-5-3-2-4-20(18)21/h2-6,9,17,19,22,27H,7-8,10-16H2,1H3/t19-,22-/m1/s1. The Balaban J connectivity index is 1.35. The van der Waals surface area contributed by atoms with E-state index in [-0.39, 0.29) is 17.7 Å². The molecule has 4 rings (SSSR count). The Kier molecular flexibility index (Phi) is 6.43. The lowest BCUT2D eigenvalue weighted by Crippen LogP contribution is -2.42. The first-order chi connectivity index (χ1) is 14.2. The van der Waals surface area contributed by atoms with Crippen molar-refractivity contribution < 1.29 is 14.6 Å². The van der Waals surface area contributed by atoms with Crippen LogP contribution in [0.1, 0.15) is 18.4 Å². The van der Waals surface area contributed by atoms with Crippen molar-refractivity contribution in [3.8, 4) is 0 Å². The number of aliphatic hydroxyl groups excluding tert-OH is 1. The van der Waals surface area contributed by atoms with E-state index in [0.717, 1.165) is 56.4 Å². The van der Waals surface area contributed by atoms with Crippen LogP contribution in [0.3, 0.4) is 0 Å². The zero-order valence-corrected chi connectivity index (χ0v) is 17.2. The summed E-state index contributed by atoms with van der Waals surface area (Å²) in [7, 11) is 1.72. The second-order valence-corrected chi connectivity index (χ2v) is 8.37. The van der Waals surface area contributed by atoms with Gasteiger partial charge in [-0.25, -0.2) is 0 Å². The summed E-state index contributed by atoms with van der Waals surface area (Å²) in [5, 5.41) is 11.8. The van der Waals surface area contributed by atoms with Gasteiger partial charge in [0.1, 0.15) is 0 Å². The number of aliphatic hydroxyl groups is 1. The Morgan fingerprint density at radius 1 is 1.21 bits per heavy atom. The van der Waals surface area contributed by atoms with E-state index in [0.29, 0.717) is 13.1 Å². The third kappa shape index (κ3) is 4.60. The molecule has 0 saturated carbocycles. The third-order valence-corrected chi connectivity index (χ3v) is 6.49. The number of piperidine rings is 1. The van der Waals surface area contributed by atoms with Crippen molar-refractivity contribution in [1.82, 2.24) is 14.8 Å². The number of carbonyl (C=O) groups excluding carboxylic acids is 1. The lowest BCUT2D eigenvalue weighted by atomic mass is 9.94. The predicted molar refractivity (Wildman–Crippen MR) is 113 cm³/mol. The number of hydrogen-bond acceptors (Lipinski definition) is 5. The first kappa shape index (κ1) is 20.3. The van der Waals surface area contributed by atoms with Gasteiger partial charge >= 0.3 is 0 Å². The maximum Gasteiger partial charge on any atom is 0.225 e. The fraction of sp³-hybridized carbons (Fsp3) is 0.565. The normalized spacial score (nSPS) is 23.7. The molecule has 2 fully saturated rings. The highest BCUT2D eigenvalue weighted by molar-refractivity contribution is 5.82. The van der Waals surface area contributed by atoms with Crippen LogP contribution in [-0.2, 0) is 16.0 Å². The molecule has 0 radical (unpaired) electrons. The number of β-amino-alcohol motifs (C(OH)–C–C–N with tert-alkyl or cyclic N) is 1. The van der Waals surface area contributed by atoms with Crippen molar-refractivity contribution in [3.63, 3.8) is 0 Å². The fourth-order valence-corrected chi connectivity index (χ4v) is 4.73. The lowest BCUT2D eigenvalue weighted by Gasteiger charge is -2.33. The van der Waals surface area contributed by atoms with Gasteiger partial charge in [-0.2, -0.15) is 0 Å². The molecule has 0 unspecified atom stereocenters. The van der Waals surface area contributed by atoms with Gasteiger partial charge in [0.15, 0.2) is 0 Å². The highest BCUT2D eigenvalue weighted by Gasteiger charge is 2.37. The van der Waals surface area contributed by atoms with Crippen molar-refractivity contribution in [3.05, 3.63) is 42.1 Å². The minimum atomic E-state index is -0.465. The van der Waals surface area contributed by atoms with Crippen molar-refractivity contribution in [2.75, 3.05) is 46.4 Å². The van der Waals surface area contributed by atoms with Crippen LogP contribution < -0.4 is 0 Å². The fourth-order valence-electron chi connectivity index (χ4n) is 4.73. The summed E-state index contributed by atoms with van der Waals surface area (Å²) in [6, 6.07) is 10.1. The molecule has 1 N–H and O–H groups in total. The Bertz CT molecular complexity index is 830. The molecular formula is C23H31N3O3. The molecule has 0 bridgehead atoms. The number of methoxy groups -OCH3 is 1. The number of pyridine rings is 1. The molecule has 6 nitrogen and oxygen atoms in total. The monoisotopic (exact) mass is 397 g/mol. The molecule has 6 heteroatoms. The van der Waals surface area contributed by atoms with Gasteiger partial charge in [0.05, 0.1) is 18.2 Å². The van der Waals surface area contributed by atoms with E-state index in [9.17, 15) is 9.90 Å². The van der Waals surface area contributed by atoms with Gasteiger partial charge in [0.2, 0.25) is 5.91 Å². The maximum absolute atomic E-state index is 13.0. The van der Waals surface area contributed by atoms with E-state index in [1.807, 2.05) is 35.4 Å². The van der Waals surface area contributed by atoms with Crippen LogP contribution in [0.4, 0.5) is 0 Å². The van der Waals surface area contributed by atoms with Gasteiger partial charge < -0.3 is 19.6 Å². The zero-order chi connectivity index (χ0) is 20.2. The van der Waals surface area contributed by atoms with E-state index in [2.05, 4.69) is 16.0 Å². The van der Waals surface area contributed by atoms with Crippen molar-refractivity contribution in [2.24, 2.45) is 11.8 Å². The van der Waals surface area contributed by atoms with E-state index in [4.69, 9.17) is 4.74 Å². The molecule has 156 valence electrons. The molecule has 1 aromatic carbocycles. The molecule has 0 aliphatic carbocycles. The van der Waals surface area contributed by atoms with Gasteiger partial charge in [0.25, 0.3) is 0 Å². The Morgan fingerprint density at radius 3 is 2.79 bits per heavy atom. The number of carbonyl (C=O) groups is 1. The van der Waals surface area contributed by atoms with Gasteiger partial charge in [-0.1, -0.05) is 18.2 Å². The molecule has 3 heterocycles. The van der Waals surface area contributed by atoms with Crippen molar-refractivity contribution >= 4 is 16.8 Å². The summed E-state index contributed by atoms with van der Waals surface area (Å²) in [4.78, 5) is 21.7. The maximum atomic E-state index is 13.0. The molecule has 2 saturated heterocycles. The summed E-state index contributed by atoms with van der Waals surface area (Å²) >= 11 is 0. The predicted octanol–water partition coefficient (Wildman–Crippen LogP) is 1.95. The number of hydrogen-bond donors (Lipinski definition) is 1. The number of nitrogens with zero attached hydrogens (tertiary/aromatic N) is 3. The molecule has 0 spiro atoms. The van der Waals surface area contributed by atoms with Crippen LogP contribution in [0, 0.1) is 11.8 Å². The topological polar surface area (TPSA) is 65.9 Å². The zero-order valence-electron chi connectivity index (χ0n) is 17.2. The van der Waals surface area contributed by atoms with E-state index >= 15 is 0 Å². The van der Waals surface area contributed by atoms with Crippen molar-refractivity contribution in [2.45, 2.75) is 25.4 Å². The molecule has 2 aromatic rings. The Labute approximate surface area is 172 Å². The van der Waals surface area contributed by atoms with Crippen LogP contribution >= 0.6 is 0 Å². The molecule has 2 atom stereocenters. The van der Waals surface area contributed by atoms with Crippen LogP contribution in [0.2, 0.25) is 0 Å². The van der Waals surface area contributed by atoms with Crippen LogP contribution in [0.5, 0.6) is 0 Å². The number of aromatic nitrogens is 1. The van der Waals surface area contributed by atoms with Crippen LogP contribution in [-0.4, -0.2) is 78.3 Å². The van der Waals surface area contributed by atoms with Crippen LogP contribution in [0.25, 0.3) is 10.9 Å². The lowest BCUT2D eigenvalue weighted by molar-refractivity contribution is -0.136. The van der Waals surface area contributed by atoms with Gasteiger partial charge in [0, 0.05) is 50.2 Å². The Morgan fingerprint density at radius 2 is 2.00 bits per heavy atom. The summed E-state index contributed by atoms with van der Waals surface area (Å²) in [5.74, 6) is 0.380. The molecule has 1 amide bonds. The minimum Gasteiger partial charge on any atom is -0.391 e. The summed E-state index contributed by atoms with van der Waals surface area (Å²) in [6.45, 7) is 4.66. The first-order valence-corrected chi connectivity index (χ1v) is 10.7. The SMILES string of the molecule is COCCN1CCC(C(=O)N2C[C@@H](Cc3ccnc4ccccc34)[C@H](O)C2)CC1. The highest BCUT2D eigenvalue weighted by Crippen LogP contribution is 2.28. The number of amides is 1. The smallest absolute Gasteiger partial charge is 0.225 e. The minimum absolute atomic E-state index is 0.0755. The molecule has 29 heavy (non-hydrogen) atoms. The number of likely N-dealkylation sites (tertiary alicyclic amines) is 2. The highest BCUT2D eigenvalue weighted by atomic mass is 16.5. The Hall–Kier alpha value is -2.02. The molecule has 2 aliphatic rings. The average molecular weight is 398 g/mol. The van der Waals surface area contributed by atoms with E-state index < -0.39 is 6.10 Å². The number of benzene rings is 1. The number of rotatable bonds is 6. The summed E-state index contributed by atoms with van der Waals surface area (Å²) in [5.41, 5.74) is 2.17. The summed E-state index contributed by atoms with van der Waals surface area (Å²) < 4.78 is 5.15. The first-order valence-electron chi connectivity index (χ1n) is 10.7. The molecule has 1 aromatic heterocycles. The third-order valence-electron chi connectivity index (χ3n) is 6.49. The second-order valence-electron chi connectivity index (χ2n) is 8.37. The van der Waals surface area contributed by atoms with Gasteiger partial charge in [-0.15, -0.1) is 0 Å². The number of ether oxygens (including phenoxy) is 1. The molecular weight excluding hydrogens is 366 g/mol. The average Bonchev–Trinajstić information content (AvgIpc) is 3.12. The second kappa shape index (κ2) is 9.20. The summed E-state index contributed by atoms with van der Waals surface area (Å²) in [6.07, 6.45) is 3.93. The van der Waals surface area contributed by atoms with E-state index in [1.165, 1.54) is 5.56 Å². The number of para-hydroxylation sites is 1.